The van der Waals surface area contributed by atoms with Crippen molar-refractivity contribution >= 4 is 11.9 Å². The van der Waals surface area contributed by atoms with Gasteiger partial charge in [-0.1, -0.05) is 0 Å². The second-order valence-electron chi connectivity index (χ2n) is 3.39. The summed E-state index contributed by atoms with van der Waals surface area (Å²) in [4.78, 5) is 22.9. The number of hydrogen-bond donors (Lipinski definition) is 1. The lowest BCUT2D eigenvalue weighted by Crippen LogP contribution is -2.28. The zero-order valence-electron chi connectivity index (χ0n) is 8.23. The number of hydrogen-bond acceptors (Lipinski definition) is 3. The van der Waals surface area contributed by atoms with Gasteiger partial charge in [-0.15, -0.1) is 0 Å². The largest absolute Gasteiger partial charge is 0.481 e. The van der Waals surface area contributed by atoms with E-state index in [2.05, 4.69) is 0 Å². The zero-order chi connectivity index (χ0) is 10.6. The Balaban J connectivity index is 2.16. The van der Waals surface area contributed by atoms with E-state index in [4.69, 9.17) is 9.84 Å². The first-order valence-corrected chi connectivity index (χ1v) is 4.68. The van der Waals surface area contributed by atoms with Crippen LogP contribution in [-0.4, -0.2) is 47.7 Å². The minimum atomic E-state index is -0.855. The molecule has 5 nitrogen and oxygen atoms in total. The molecule has 1 rings (SSSR count). The molecule has 1 aliphatic heterocycles. The molecular weight excluding hydrogens is 186 g/mol. The number of carbonyl (C=O) groups is 2. The maximum atomic E-state index is 10.9. The van der Waals surface area contributed by atoms with E-state index in [0.29, 0.717) is 13.1 Å². The molecule has 0 bridgehead atoms. The third-order valence-electron chi connectivity index (χ3n) is 2.26. The summed E-state index contributed by atoms with van der Waals surface area (Å²) in [5.74, 6) is -0.805. The molecule has 1 aliphatic rings. The fourth-order valence-electron chi connectivity index (χ4n) is 1.46. The highest BCUT2D eigenvalue weighted by Crippen LogP contribution is 2.12. The Morgan fingerprint density at radius 1 is 1.57 bits per heavy atom. The number of amides is 1. The van der Waals surface area contributed by atoms with Crippen molar-refractivity contribution in [2.24, 2.45) is 0 Å². The second-order valence-corrected chi connectivity index (χ2v) is 3.39. The van der Waals surface area contributed by atoms with E-state index in [9.17, 15) is 9.59 Å². The van der Waals surface area contributed by atoms with Crippen LogP contribution in [0, 0.1) is 0 Å². The van der Waals surface area contributed by atoms with Crippen molar-refractivity contribution in [2.75, 3.05) is 19.7 Å². The number of carboxylic acids is 1. The Morgan fingerprint density at radius 3 is 2.79 bits per heavy atom. The fraction of sp³-hybridized carbons (Fsp3) is 0.778. The van der Waals surface area contributed by atoms with E-state index in [1.54, 1.807) is 4.90 Å². The van der Waals surface area contributed by atoms with E-state index < -0.39 is 5.97 Å². The lowest BCUT2D eigenvalue weighted by atomic mass is 10.3. The fourth-order valence-corrected chi connectivity index (χ4v) is 1.46. The van der Waals surface area contributed by atoms with Gasteiger partial charge in [-0.25, -0.2) is 0 Å². The van der Waals surface area contributed by atoms with Crippen LogP contribution in [0.5, 0.6) is 0 Å². The average Bonchev–Trinajstić information content (AvgIpc) is 2.52. The third kappa shape index (κ3) is 3.33. The highest BCUT2D eigenvalue weighted by Gasteiger charge is 2.24. The molecule has 0 saturated carbocycles. The molecule has 1 unspecified atom stereocenters. The van der Waals surface area contributed by atoms with Crippen LogP contribution in [0.2, 0.25) is 0 Å². The van der Waals surface area contributed by atoms with Gasteiger partial charge in [-0.3, -0.25) is 9.59 Å². The molecule has 1 amide bonds. The molecule has 0 radical (unpaired) electrons. The third-order valence-corrected chi connectivity index (χ3v) is 2.26. The van der Waals surface area contributed by atoms with E-state index in [-0.39, 0.29) is 25.0 Å². The van der Waals surface area contributed by atoms with Gasteiger partial charge in [0, 0.05) is 20.0 Å². The highest BCUT2D eigenvalue weighted by atomic mass is 16.5. The van der Waals surface area contributed by atoms with Crippen molar-refractivity contribution < 1.29 is 19.4 Å². The van der Waals surface area contributed by atoms with Crippen molar-refractivity contribution in [1.29, 1.82) is 0 Å². The van der Waals surface area contributed by atoms with Crippen molar-refractivity contribution in [1.82, 2.24) is 4.90 Å². The molecule has 5 heteroatoms. The lowest BCUT2D eigenvalue weighted by Gasteiger charge is -2.13. The number of carboxylic acid groups (broad SMARTS) is 1. The molecule has 0 spiro atoms. The number of rotatable bonds is 4. The Morgan fingerprint density at radius 2 is 2.29 bits per heavy atom. The molecule has 0 aromatic rings. The smallest absolute Gasteiger partial charge is 0.305 e. The summed E-state index contributed by atoms with van der Waals surface area (Å²) in [7, 11) is 0. The normalized spacial score (nSPS) is 21.2. The highest BCUT2D eigenvalue weighted by molar-refractivity contribution is 5.73. The first kappa shape index (κ1) is 11.0. The monoisotopic (exact) mass is 201 g/mol. The van der Waals surface area contributed by atoms with E-state index >= 15 is 0 Å². The lowest BCUT2D eigenvalue weighted by molar-refractivity contribution is -0.139. The summed E-state index contributed by atoms with van der Waals surface area (Å²) in [5, 5.41) is 8.38. The maximum Gasteiger partial charge on any atom is 0.305 e. The van der Waals surface area contributed by atoms with Crippen LogP contribution in [0.1, 0.15) is 19.8 Å². The molecule has 1 saturated heterocycles. The molecule has 1 atom stereocenters. The standard InChI is InChI=1S/C9H15NO4/c1-7(11)10-4-2-8(6-10)14-5-3-9(12)13/h8H,2-6H2,1H3,(H,12,13). The molecular formula is C9H15NO4. The first-order chi connectivity index (χ1) is 6.59. The molecule has 14 heavy (non-hydrogen) atoms. The quantitative estimate of drug-likeness (QED) is 0.700. The Hall–Kier alpha value is -1.10. The van der Waals surface area contributed by atoms with E-state index in [1.807, 2.05) is 0 Å². The summed E-state index contributed by atoms with van der Waals surface area (Å²) in [6.45, 7) is 3.06. The van der Waals surface area contributed by atoms with Crippen LogP contribution < -0.4 is 0 Å². The van der Waals surface area contributed by atoms with Crippen molar-refractivity contribution in [2.45, 2.75) is 25.9 Å². The molecule has 1 fully saturated rings. The van der Waals surface area contributed by atoms with Crippen molar-refractivity contribution in [3.05, 3.63) is 0 Å². The second kappa shape index (κ2) is 4.95. The minimum Gasteiger partial charge on any atom is -0.481 e. The van der Waals surface area contributed by atoms with Crippen LogP contribution in [0.4, 0.5) is 0 Å². The summed E-state index contributed by atoms with van der Waals surface area (Å²) < 4.78 is 5.32. The predicted octanol–water partition coefficient (Wildman–Crippen LogP) is 0.0985. The summed E-state index contributed by atoms with van der Waals surface area (Å²) in [5.41, 5.74) is 0. The summed E-state index contributed by atoms with van der Waals surface area (Å²) in [6, 6.07) is 0. The minimum absolute atomic E-state index is 0.0123. The maximum absolute atomic E-state index is 10.9. The van der Waals surface area contributed by atoms with Gasteiger partial charge in [0.1, 0.15) is 0 Å². The van der Waals surface area contributed by atoms with Crippen molar-refractivity contribution in [3.8, 4) is 0 Å². The topological polar surface area (TPSA) is 66.8 Å². The Labute approximate surface area is 82.6 Å². The van der Waals surface area contributed by atoms with Gasteiger partial charge >= 0.3 is 5.97 Å². The van der Waals surface area contributed by atoms with Gasteiger partial charge < -0.3 is 14.7 Å². The number of ether oxygens (including phenoxy) is 1. The average molecular weight is 201 g/mol. The van der Waals surface area contributed by atoms with Crippen molar-refractivity contribution in [3.63, 3.8) is 0 Å². The molecule has 0 aromatic carbocycles. The SMILES string of the molecule is CC(=O)N1CCC(OCCC(=O)O)C1. The van der Waals surface area contributed by atoms with Crippen LogP contribution in [0.15, 0.2) is 0 Å². The predicted molar refractivity (Wildman–Crippen MR) is 48.9 cm³/mol. The number of aliphatic carboxylic acids is 1. The molecule has 1 heterocycles. The van der Waals surface area contributed by atoms with Crippen LogP contribution in [0.25, 0.3) is 0 Å². The molecule has 0 aliphatic carbocycles. The van der Waals surface area contributed by atoms with Crippen LogP contribution in [-0.2, 0) is 14.3 Å². The zero-order valence-corrected chi connectivity index (χ0v) is 8.23. The summed E-state index contributed by atoms with van der Waals surface area (Å²) in [6.07, 6.45) is 0.841. The Bertz CT molecular complexity index is 229. The summed E-state index contributed by atoms with van der Waals surface area (Å²) >= 11 is 0. The van der Waals surface area contributed by atoms with Gasteiger partial charge in [0.2, 0.25) is 5.91 Å². The number of likely N-dealkylation sites (tertiary alicyclic amines) is 1. The van der Waals surface area contributed by atoms with Gasteiger partial charge in [0.15, 0.2) is 0 Å². The first-order valence-electron chi connectivity index (χ1n) is 4.68. The molecule has 80 valence electrons. The number of nitrogens with zero attached hydrogens (tertiary/aromatic N) is 1. The van der Waals surface area contributed by atoms with Gasteiger partial charge in [-0.05, 0) is 6.42 Å². The number of carbonyl (C=O) groups excluding carboxylic acids is 1. The van der Waals surface area contributed by atoms with Gasteiger partial charge in [0.25, 0.3) is 0 Å². The van der Waals surface area contributed by atoms with Gasteiger partial charge in [-0.2, -0.15) is 0 Å². The Kier molecular flexibility index (Phi) is 3.88. The van der Waals surface area contributed by atoms with E-state index in [1.165, 1.54) is 6.92 Å². The van der Waals surface area contributed by atoms with Gasteiger partial charge in [0.05, 0.1) is 19.1 Å². The van der Waals surface area contributed by atoms with Crippen LogP contribution in [0.3, 0.4) is 0 Å². The van der Waals surface area contributed by atoms with E-state index in [0.717, 1.165) is 6.42 Å². The molecule has 1 N–H and O–H groups in total. The van der Waals surface area contributed by atoms with Crippen LogP contribution >= 0.6 is 0 Å². The molecule has 0 aromatic heterocycles.